The molecule has 0 spiro atoms. The smallest absolute Gasteiger partial charge is 0.389 e. The molecular formula is C9H11F3N2O. The molecule has 0 fully saturated rings. The van der Waals surface area contributed by atoms with Crippen LogP contribution in [0.2, 0.25) is 0 Å². The maximum Gasteiger partial charge on any atom is 0.389 e. The van der Waals surface area contributed by atoms with Crippen LogP contribution < -0.4 is 10.5 Å². The maximum absolute atomic E-state index is 11.8. The van der Waals surface area contributed by atoms with E-state index in [1.165, 1.54) is 18.5 Å². The Hall–Kier alpha value is -1.46. The molecule has 15 heavy (non-hydrogen) atoms. The number of anilines is 1. The molecule has 0 atom stereocenters. The molecule has 1 rings (SSSR count). The quantitative estimate of drug-likeness (QED) is 0.792. The number of alkyl halides is 3. The van der Waals surface area contributed by atoms with Gasteiger partial charge in [0.15, 0.2) is 0 Å². The molecule has 0 aliphatic heterocycles. The van der Waals surface area contributed by atoms with Crippen LogP contribution in [0.5, 0.6) is 5.75 Å². The van der Waals surface area contributed by atoms with Crippen LogP contribution in [-0.4, -0.2) is 17.8 Å². The molecule has 84 valence electrons. The minimum atomic E-state index is -4.13. The van der Waals surface area contributed by atoms with Crippen LogP contribution in [0.1, 0.15) is 12.8 Å². The van der Waals surface area contributed by atoms with Gasteiger partial charge in [-0.3, -0.25) is 4.98 Å². The van der Waals surface area contributed by atoms with E-state index in [1.807, 2.05) is 0 Å². The number of hydrogen-bond donors (Lipinski definition) is 1. The summed E-state index contributed by atoms with van der Waals surface area (Å²) in [6, 6.07) is 1.52. The van der Waals surface area contributed by atoms with E-state index in [4.69, 9.17) is 10.5 Å². The van der Waals surface area contributed by atoms with Crippen LogP contribution in [0.3, 0.4) is 0 Å². The van der Waals surface area contributed by atoms with Crippen molar-refractivity contribution in [3.63, 3.8) is 0 Å². The van der Waals surface area contributed by atoms with E-state index in [2.05, 4.69) is 4.98 Å². The van der Waals surface area contributed by atoms with Crippen LogP contribution in [-0.2, 0) is 0 Å². The van der Waals surface area contributed by atoms with Crippen molar-refractivity contribution < 1.29 is 17.9 Å². The van der Waals surface area contributed by atoms with Crippen molar-refractivity contribution in [1.29, 1.82) is 0 Å². The highest BCUT2D eigenvalue weighted by Gasteiger charge is 2.26. The van der Waals surface area contributed by atoms with Gasteiger partial charge in [0.05, 0.1) is 18.5 Å². The van der Waals surface area contributed by atoms with Crippen molar-refractivity contribution in [3.8, 4) is 5.75 Å². The Balaban J connectivity index is 2.30. The lowest BCUT2D eigenvalue weighted by Crippen LogP contribution is -2.10. The number of aromatic nitrogens is 1. The zero-order chi connectivity index (χ0) is 11.3. The number of halogens is 3. The summed E-state index contributed by atoms with van der Waals surface area (Å²) in [5.41, 5.74) is 5.80. The zero-order valence-corrected chi connectivity index (χ0v) is 7.92. The number of ether oxygens (including phenoxy) is 1. The van der Waals surface area contributed by atoms with Gasteiger partial charge in [0.25, 0.3) is 0 Å². The Morgan fingerprint density at radius 1 is 1.40 bits per heavy atom. The average molecular weight is 220 g/mol. The first-order valence-corrected chi connectivity index (χ1v) is 4.38. The topological polar surface area (TPSA) is 48.1 Å². The van der Waals surface area contributed by atoms with Crippen LogP contribution in [0.4, 0.5) is 18.9 Å². The molecule has 1 aromatic rings. The molecule has 3 nitrogen and oxygen atoms in total. The predicted molar refractivity (Wildman–Crippen MR) is 49.4 cm³/mol. The molecule has 0 amide bonds. The lowest BCUT2D eigenvalue weighted by molar-refractivity contribution is -0.136. The third kappa shape index (κ3) is 4.53. The highest BCUT2D eigenvalue weighted by molar-refractivity contribution is 5.49. The van der Waals surface area contributed by atoms with E-state index in [9.17, 15) is 13.2 Å². The number of nitrogens with zero attached hydrogens (tertiary/aromatic N) is 1. The van der Waals surface area contributed by atoms with E-state index in [1.54, 1.807) is 0 Å². The summed E-state index contributed by atoms with van der Waals surface area (Å²) < 4.78 is 40.4. The van der Waals surface area contributed by atoms with E-state index in [0.29, 0.717) is 11.4 Å². The van der Waals surface area contributed by atoms with Gasteiger partial charge in [-0.25, -0.2) is 0 Å². The van der Waals surface area contributed by atoms with Crippen molar-refractivity contribution in [2.75, 3.05) is 12.3 Å². The third-order valence-corrected chi connectivity index (χ3v) is 1.67. The van der Waals surface area contributed by atoms with Gasteiger partial charge in [-0.1, -0.05) is 0 Å². The molecule has 0 bridgehead atoms. The van der Waals surface area contributed by atoms with Gasteiger partial charge < -0.3 is 10.5 Å². The summed E-state index contributed by atoms with van der Waals surface area (Å²) in [6.45, 7) is -0.00623. The lowest BCUT2D eigenvalue weighted by atomic mass is 10.3. The van der Waals surface area contributed by atoms with Gasteiger partial charge in [-0.15, -0.1) is 0 Å². The van der Waals surface area contributed by atoms with Crippen molar-refractivity contribution in [1.82, 2.24) is 4.98 Å². The molecule has 0 aromatic carbocycles. The van der Waals surface area contributed by atoms with Gasteiger partial charge in [-0.2, -0.15) is 13.2 Å². The van der Waals surface area contributed by atoms with Gasteiger partial charge in [-0.05, 0) is 6.42 Å². The largest absolute Gasteiger partial charge is 0.491 e. The molecule has 1 heterocycles. The Kier molecular flexibility index (Phi) is 3.76. The van der Waals surface area contributed by atoms with Crippen LogP contribution in [0.25, 0.3) is 0 Å². The molecule has 0 saturated heterocycles. The second-order valence-corrected chi connectivity index (χ2v) is 2.98. The minimum Gasteiger partial charge on any atom is -0.491 e. The van der Waals surface area contributed by atoms with E-state index in [0.717, 1.165) is 0 Å². The summed E-state index contributed by atoms with van der Waals surface area (Å²) in [5.74, 6) is 0.368. The molecule has 6 heteroatoms. The lowest BCUT2D eigenvalue weighted by Gasteiger charge is -2.09. The second-order valence-electron chi connectivity index (χ2n) is 2.98. The SMILES string of the molecule is Nc1cnccc1OCCCC(F)(F)F. The molecule has 0 aliphatic carbocycles. The highest BCUT2D eigenvalue weighted by atomic mass is 19.4. The average Bonchev–Trinajstić information content (AvgIpc) is 2.13. The molecule has 0 saturated carbocycles. The van der Waals surface area contributed by atoms with Crippen molar-refractivity contribution in [2.45, 2.75) is 19.0 Å². The first-order valence-electron chi connectivity index (χ1n) is 4.38. The van der Waals surface area contributed by atoms with Crippen molar-refractivity contribution in [3.05, 3.63) is 18.5 Å². The summed E-state index contributed by atoms with van der Waals surface area (Å²) in [7, 11) is 0. The number of pyridine rings is 1. The Morgan fingerprint density at radius 3 is 2.73 bits per heavy atom. The Morgan fingerprint density at radius 2 is 2.13 bits per heavy atom. The molecule has 0 unspecified atom stereocenters. The van der Waals surface area contributed by atoms with Crippen molar-refractivity contribution in [2.24, 2.45) is 0 Å². The first-order chi connectivity index (χ1) is 6.99. The normalized spacial score (nSPS) is 11.4. The van der Waals surface area contributed by atoms with Crippen LogP contribution in [0.15, 0.2) is 18.5 Å². The highest BCUT2D eigenvalue weighted by Crippen LogP contribution is 2.22. The fraction of sp³-hybridized carbons (Fsp3) is 0.444. The maximum atomic E-state index is 11.8. The third-order valence-electron chi connectivity index (χ3n) is 1.67. The predicted octanol–water partition coefficient (Wildman–Crippen LogP) is 2.39. The second kappa shape index (κ2) is 4.86. The Labute approximate surface area is 85.1 Å². The number of hydrogen-bond acceptors (Lipinski definition) is 3. The molecule has 0 aliphatic rings. The van der Waals surface area contributed by atoms with Gasteiger partial charge >= 0.3 is 6.18 Å². The fourth-order valence-electron chi connectivity index (χ4n) is 0.980. The summed E-state index contributed by atoms with van der Waals surface area (Å²) >= 11 is 0. The monoisotopic (exact) mass is 220 g/mol. The standard InChI is InChI=1S/C9H11F3N2O/c10-9(11,12)3-1-5-15-8-2-4-14-6-7(8)13/h2,4,6H,1,3,5,13H2. The van der Waals surface area contributed by atoms with Gasteiger partial charge in [0.1, 0.15) is 5.75 Å². The summed E-state index contributed by atoms with van der Waals surface area (Å²) in [6.07, 6.45) is -2.20. The van der Waals surface area contributed by atoms with E-state index < -0.39 is 12.6 Å². The molecular weight excluding hydrogens is 209 g/mol. The van der Waals surface area contributed by atoms with Gasteiger partial charge in [0.2, 0.25) is 0 Å². The first kappa shape index (κ1) is 11.6. The van der Waals surface area contributed by atoms with E-state index >= 15 is 0 Å². The summed E-state index contributed by atoms with van der Waals surface area (Å²) in [4.78, 5) is 3.73. The van der Waals surface area contributed by atoms with E-state index in [-0.39, 0.29) is 13.0 Å². The Bertz CT molecular complexity index is 314. The van der Waals surface area contributed by atoms with Crippen molar-refractivity contribution >= 4 is 5.69 Å². The fourth-order valence-corrected chi connectivity index (χ4v) is 0.980. The molecule has 2 N–H and O–H groups in total. The number of rotatable bonds is 4. The number of nitrogens with two attached hydrogens (primary N) is 1. The zero-order valence-electron chi connectivity index (χ0n) is 7.92. The molecule has 0 radical (unpaired) electrons. The van der Waals surface area contributed by atoms with Gasteiger partial charge in [0, 0.05) is 18.7 Å². The van der Waals surface area contributed by atoms with Crippen LogP contribution in [0, 0.1) is 0 Å². The summed E-state index contributed by atoms with van der Waals surface area (Å²) in [5, 5.41) is 0. The van der Waals surface area contributed by atoms with Crippen LogP contribution >= 0.6 is 0 Å². The minimum absolute atomic E-state index is 0.00623. The molecule has 1 aromatic heterocycles. The number of nitrogen functional groups attached to an aromatic ring is 1.